The summed E-state index contributed by atoms with van der Waals surface area (Å²) >= 11 is 8.09. The fourth-order valence-electron chi connectivity index (χ4n) is 4.15. The quantitative estimate of drug-likeness (QED) is 0.383. The van der Waals surface area contributed by atoms with Crippen LogP contribution in [0, 0.1) is 0 Å². The fourth-order valence-corrected chi connectivity index (χ4v) is 5.39. The minimum Gasteiger partial charge on any atom is -0.355 e. The predicted molar refractivity (Wildman–Crippen MR) is 125 cm³/mol. The maximum absolute atomic E-state index is 12.8. The smallest absolute Gasteiger partial charge is 0.253 e. The Morgan fingerprint density at radius 1 is 1.23 bits per heavy atom. The van der Waals surface area contributed by atoms with E-state index < -0.39 is 0 Å². The molecule has 8 heteroatoms. The highest BCUT2D eigenvalue weighted by atomic mass is 35.5. The van der Waals surface area contributed by atoms with Gasteiger partial charge in [-0.25, -0.2) is 9.97 Å². The van der Waals surface area contributed by atoms with Crippen LogP contribution in [-0.2, 0) is 0 Å². The molecule has 0 amide bonds. The molecule has 2 fully saturated rings. The van der Waals surface area contributed by atoms with Crippen LogP contribution in [0.5, 0.6) is 0 Å². The zero-order valence-electron chi connectivity index (χ0n) is 17.1. The Labute approximate surface area is 188 Å². The molecular formula is C23H22ClN5OS. The normalized spacial score (nSPS) is 17.2. The Morgan fingerprint density at radius 2 is 2.06 bits per heavy atom. The standard InChI is InChI=1S/C23H22ClN5OS/c1-12(27-23-26-10-21(31-23)20-9-25-11-29(20)15-4-5-15)16-6-14-7-18(24)17(13-2-3-13)8-19(14)28-22(16)30/h6-13,15H,2-5H2,1H3,(H,26,27)(H,28,30)/t12-/m0/s1. The number of nitrogens with one attached hydrogen (secondary N) is 2. The van der Waals surface area contributed by atoms with Gasteiger partial charge in [-0.05, 0) is 62.3 Å². The number of benzene rings is 1. The van der Waals surface area contributed by atoms with Gasteiger partial charge in [0.2, 0.25) is 0 Å². The Balaban J connectivity index is 1.27. The molecule has 158 valence electrons. The topological polar surface area (TPSA) is 75.6 Å². The largest absolute Gasteiger partial charge is 0.355 e. The van der Waals surface area contributed by atoms with Crippen LogP contribution >= 0.6 is 22.9 Å². The number of halogens is 1. The minimum atomic E-state index is -0.192. The highest BCUT2D eigenvalue weighted by Gasteiger charge is 2.27. The summed E-state index contributed by atoms with van der Waals surface area (Å²) in [6.07, 6.45) is 10.4. The van der Waals surface area contributed by atoms with Crippen LogP contribution in [-0.4, -0.2) is 19.5 Å². The predicted octanol–water partition coefficient (Wildman–Crippen LogP) is 5.89. The Morgan fingerprint density at radius 3 is 2.84 bits per heavy atom. The molecule has 2 aliphatic carbocycles. The lowest BCUT2D eigenvalue weighted by Crippen LogP contribution is -2.19. The van der Waals surface area contributed by atoms with Crippen molar-refractivity contribution in [2.24, 2.45) is 0 Å². The van der Waals surface area contributed by atoms with Gasteiger partial charge in [0.1, 0.15) is 0 Å². The first kappa shape index (κ1) is 19.1. The van der Waals surface area contributed by atoms with Crippen LogP contribution in [0.25, 0.3) is 21.5 Å². The second kappa shape index (κ2) is 7.21. The van der Waals surface area contributed by atoms with Crippen LogP contribution in [0.15, 0.2) is 41.7 Å². The lowest BCUT2D eigenvalue weighted by atomic mass is 10.0. The van der Waals surface area contributed by atoms with E-state index in [-0.39, 0.29) is 11.6 Å². The zero-order chi connectivity index (χ0) is 21.1. The van der Waals surface area contributed by atoms with E-state index in [1.165, 1.54) is 25.7 Å². The maximum atomic E-state index is 12.8. The molecule has 3 aromatic heterocycles. The van der Waals surface area contributed by atoms with Crippen molar-refractivity contribution < 1.29 is 0 Å². The number of pyridine rings is 1. The summed E-state index contributed by atoms with van der Waals surface area (Å²) in [5.74, 6) is 0.538. The molecule has 6 nitrogen and oxygen atoms in total. The summed E-state index contributed by atoms with van der Waals surface area (Å²) in [7, 11) is 0. The van der Waals surface area contributed by atoms with E-state index in [4.69, 9.17) is 11.6 Å². The third kappa shape index (κ3) is 3.55. The molecule has 1 aromatic carbocycles. The number of thiazole rings is 1. The number of H-pyrrole nitrogens is 1. The van der Waals surface area contributed by atoms with E-state index in [0.29, 0.717) is 17.5 Å². The average Bonchev–Trinajstić information content (AvgIpc) is 3.68. The molecule has 31 heavy (non-hydrogen) atoms. The van der Waals surface area contributed by atoms with Crippen molar-refractivity contribution in [2.75, 3.05) is 5.32 Å². The van der Waals surface area contributed by atoms with Gasteiger partial charge in [0.25, 0.3) is 5.56 Å². The van der Waals surface area contributed by atoms with Gasteiger partial charge < -0.3 is 14.9 Å². The molecule has 0 radical (unpaired) electrons. The molecule has 0 aliphatic heterocycles. The third-order valence-electron chi connectivity index (χ3n) is 6.18. The second-order valence-corrected chi connectivity index (χ2v) is 10.0. The van der Waals surface area contributed by atoms with Gasteiger partial charge in [0.15, 0.2) is 5.13 Å². The van der Waals surface area contributed by atoms with Gasteiger partial charge in [-0.15, -0.1) is 0 Å². The molecule has 0 spiro atoms. The monoisotopic (exact) mass is 451 g/mol. The van der Waals surface area contributed by atoms with Crippen LogP contribution in [0.1, 0.15) is 61.7 Å². The van der Waals surface area contributed by atoms with Crippen molar-refractivity contribution in [2.45, 2.75) is 50.6 Å². The van der Waals surface area contributed by atoms with E-state index in [9.17, 15) is 4.79 Å². The lowest BCUT2D eigenvalue weighted by molar-refractivity contribution is 0.749. The summed E-state index contributed by atoms with van der Waals surface area (Å²) < 4.78 is 2.23. The molecule has 0 saturated heterocycles. The van der Waals surface area contributed by atoms with E-state index in [2.05, 4.69) is 24.8 Å². The molecule has 1 atom stereocenters. The molecule has 3 heterocycles. The number of anilines is 1. The first-order chi connectivity index (χ1) is 15.1. The van der Waals surface area contributed by atoms with Gasteiger partial charge in [-0.3, -0.25) is 4.79 Å². The van der Waals surface area contributed by atoms with Gasteiger partial charge >= 0.3 is 0 Å². The van der Waals surface area contributed by atoms with Crippen molar-refractivity contribution in [3.05, 3.63) is 63.4 Å². The Hall–Kier alpha value is -2.64. The zero-order valence-corrected chi connectivity index (χ0v) is 18.6. The minimum absolute atomic E-state index is 0.0832. The van der Waals surface area contributed by atoms with Crippen molar-refractivity contribution in [1.82, 2.24) is 19.5 Å². The first-order valence-corrected chi connectivity index (χ1v) is 11.9. The third-order valence-corrected chi connectivity index (χ3v) is 7.46. The molecule has 4 aromatic rings. The van der Waals surface area contributed by atoms with Crippen molar-refractivity contribution in [1.29, 1.82) is 0 Å². The first-order valence-electron chi connectivity index (χ1n) is 10.7. The molecule has 6 rings (SSSR count). The van der Waals surface area contributed by atoms with E-state index in [1.807, 2.05) is 43.8 Å². The summed E-state index contributed by atoms with van der Waals surface area (Å²) in [6, 6.07) is 6.32. The Bertz CT molecular complexity index is 1350. The summed E-state index contributed by atoms with van der Waals surface area (Å²) in [5.41, 5.74) is 3.68. The number of hydrogen-bond acceptors (Lipinski definition) is 5. The van der Waals surface area contributed by atoms with E-state index in [1.54, 1.807) is 11.3 Å². The van der Waals surface area contributed by atoms with Gasteiger partial charge in [-0.2, -0.15) is 0 Å². The molecule has 2 N–H and O–H groups in total. The summed E-state index contributed by atoms with van der Waals surface area (Å²) in [6.45, 7) is 1.98. The van der Waals surface area contributed by atoms with Crippen molar-refractivity contribution in [3.63, 3.8) is 0 Å². The van der Waals surface area contributed by atoms with Crippen LogP contribution in [0.3, 0.4) is 0 Å². The Kier molecular flexibility index (Phi) is 4.43. The van der Waals surface area contributed by atoms with E-state index in [0.717, 1.165) is 37.2 Å². The number of aromatic nitrogens is 4. The molecule has 0 unspecified atom stereocenters. The highest BCUT2D eigenvalue weighted by molar-refractivity contribution is 7.18. The molecule has 2 saturated carbocycles. The number of hydrogen-bond donors (Lipinski definition) is 2. The van der Waals surface area contributed by atoms with Crippen molar-refractivity contribution in [3.8, 4) is 10.6 Å². The lowest BCUT2D eigenvalue weighted by Gasteiger charge is -2.14. The fraction of sp³-hybridized carbons (Fsp3) is 0.348. The number of aromatic amines is 1. The number of imidazole rings is 1. The van der Waals surface area contributed by atoms with Crippen LogP contribution in [0.4, 0.5) is 5.13 Å². The SMILES string of the molecule is C[C@H](Nc1ncc(-c2cncn2C2CC2)s1)c1cc2cc(Cl)c(C3CC3)cc2[nH]c1=O. The van der Waals surface area contributed by atoms with Gasteiger partial charge in [0.05, 0.1) is 29.1 Å². The highest BCUT2D eigenvalue weighted by Crippen LogP contribution is 2.44. The average molecular weight is 452 g/mol. The van der Waals surface area contributed by atoms with Crippen LogP contribution in [0.2, 0.25) is 5.02 Å². The summed E-state index contributed by atoms with van der Waals surface area (Å²) in [4.78, 5) is 25.8. The summed E-state index contributed by atoms with van der Waals surface area (Å²) in [5, 5.41) is 5.91. The second-order valence-electron chi connectivity index (χ2n) is 8.60. The van der Waals surface area contributed by atoms with Gasteiger partial charge in [0, 0.05) is 33.7 Å². The number of nitrogens with zero attached hydrogens (tertiary/aromatic N) is 3. The van der Waals surface area contributed by atoms with Crippen LogP contribution < -0.4 is 10.9 Å². The maximum Gasteiger partial charge on any atom is 0.253 e. The molecule has 2 aliphatic rings. The van der Waals surface area contributed by atoms with Crippen molar-refractivity contribution >= 4 is 39.0 Å². The number of rotatable bonds is 6. The molecular weight excluding hydrogens is 430 g/mol. The van der Waals surface area contributed by atoms with Gasteiger partial charge in [-0.1, -0.05) is 22.9 Å². The number of fused-ring (bicyclic) bond motifs is 1. The van der Waals surface area contributed by atoms with E-state index >= 15 is 0 Å². The molecule has 0 bridgehead atoms.